The van der Waals surface area contributed by atoms with Gasteiger partial charge in [0.05, 0.1) is 13.2 Å². The molecule has 0 radical (unpaired) electrons. The maximum absolute atomic E-state index is 6.23. The highest BCUT2D eigenvalue weighted by Crippen LogP contribution is 2.23. The van der Waals surface area contributed by atoms with Crippen molar-refractivity contribution in [3.05, 3.63) is 59.4 Å². The number of hydrogen-bond acceptors (Lipinski definition) is 3. The predicted octanol–water partition coefficient (Wildman–Crippen LogP) is 2.45. The van der Waals surface area contributed by atoms with E-state index in [1.165, 1.54) is 0 Å². The quantitative estimate of drug-likeness (QED) is 0.877. The SMILES string of the molecule is COc1ccc(C(N)c2cccnc2C)cc1. The molecular weight excluding hydrogens is 212 g/mol. The molecule has 2 aromatic rings. The minimum Gasteiger partial charge on any atom is -0.497 e. The van der Waals surface area contributed by atoms with E-state index in [0.717, 1.165) is 22.6 Å². The number of aromatic nitrogens is 1. The molecule has 1 aromatic carbocycles. The molecule has 0 fully saturated rings. The van der Waals surface area contributed by atoms with Gasteiger partial charge in [0.2, 0.25) is 0 Å². The van der Waals surface area contributed by atoms with Crippen molar-refractivity contribution in [1.29, 1.82) is 0 Å². The summed E-state index contributed by atoms with van der Waals surface area (Å²) in [6.07, 6.45) is 1.78. The Kier molecular flexibility index (Phi) is 3.40. The van der Waals surface area contributed by atoms with Crippen LogP contribution in [0.25, 0.3) is 0 Å². The van der Waals surface area contributed by atoms with Gasteiger partial charge >= 0.3 is 0 Å². The summed E-state index contributed by atoms with van der Waals surface area (Å²) in [6.45, 7) is 1.97. The largest absolute Gasteiger partial charge is 0.497 e. The maximum Gasteiger partial charge on any atom is 0.118 e. The Morgan fingerprint density at radius 2 is 1.88 bits per heavy atom. The van der Waals surface area contributed by atoms with Crippen LogP contribution < -0.4 is 10.5 Å². The molecule has 1 unspecified atom stereocenters. The van der Waals surface area contributed by atoms with Crippen LogP contribution in [0.1, 0.15) is 22.9 Å². The van der Waals surface area contributed by atoms with Crippen LogP contribution in [0.3, 0.4) is 0 Å². The van der Waals surface area contributed by atoms with Crippen LogP contribution in [-0.2, 0) is 0 Å². The van der Waals surface area contributed by atoms with Crippen LogP contribution in [0.2, 0.25) is 0 Å². The third kappa shape index (κ3) is 2.45. The lowest BCUT2D eigenvalue weighted by molar-refractivity contribution is 0.414. The molecule has 1 aromatic heterocycles. The van der Waals surface area contributed by atoms with Crippen LogP contribution in [0.4, 0.5) is 0 Å². The van der Waals surface area contributed by atoms with Crippen molar-refractivity contribution in [1.82, 2.24) is 4.98 Å². The number of pyridine rings is 1. The topological polar surface area (TPSA) is 48.1 Å². The van der Waals surface area contributed by atoms with Gasteiger partial charge in [0.15, 0.2) is 0 Å². The van der Waals surface area contributed by atoms with Gasteiger partial charge in [0, 0.05) is 11.9 Å². The summed E-state index contributed by atoms with van der Waals surface area (Å²) in [7, 11) is 1.65. The van der Waals surface area contributed by atoms with E-state index in [-0.39, 0.29) is 6.04 Å². The van der Waals surface area contributed by atoms with E-state index in [4.69, 9.17) is 10.5 Å². The Morgan fingerprint density at radius 3 is 2.47 bits per heavy atom. The van der Waals surface area contributed by atoms with E-state index < -0.39 is 0 Å². The van der Waals surface area contributed by atoms with Gasteiger partial charge < -0.3 is 10.5 Å². The number of rotatable bonds is 3. The lowest BCUT2D eigenvalue weighted by Gasteiger charge is -2.14. The number of aryl methyl sites for hydroxylation is 1. The van der Waals surface area contributed by atoms with Crippen molar-refractivity contribution >= 4 is 0 Å². The minimum absolute atomic E-state index is 0.144. The summed E-state index contributed by atoms with van der Waals surface area (Å²) in [5.74, 6) is 0.837. The zero-order valence-electron chi connectivity index (χ0n) is 10.1. The van der Waals surface area contributed by atoms with Crippen LogP contribution in [0.5, 0.6) is 5.75 Å². The highest BCUT2D eigenvalue weighted by molar-refractivity contribution is 5.36. The van der Waals surface area contributed by atoms with Gasteiger partial charge in [-0.25, -0.2) is 0 Å². The molecule has 1 heterocycles. The third-order valence-electron chi connectivity index (χ3n) is 2.86. The average Bonchev–Trinajstić information content (AvgIpc) is 2.39. The molecule has 0 bridgehead atoms. The summed E-state index contributed by atoms with van der Waals surface area (Å²) >= 11 is 0. The van der Waals surface area contributed by atoms with E-state index in [1.807, 2.05) is 43.3 Å². The molecule has 0 aliphatic heterocycles. The molecule has 0 saturated carbocycles. The van der Waals surface area contributed by atoms with Gasteiger partial charge in [-0.3, -0.25) is 4.98 Å². The highest BCUT2D eigenvalue weighted by Gasteiger charge is 2.11. The molecule has 1 atom stereocenters. The number of methoxy groups -OCH3 is 1. The monoisotopic (exact) mass is 228 g/mol. The summed E-state index contributed by atoms with van der Waals surface area (Å²) in [5, 5.41) is 0. The van der Waals surface area contributed by atoms with Crippen molar-refractivity contribution < 1.29 is 4.74 Å². The fourth-order valence-corrected chi connectivity index (χ4v) is 1.82. The second kappa shape index (κ2) is 4.97. The summed E-state index contributed by atoms with van der Waals surface area (Å²) < 4.78 is 5.13. The zero-order chi connectivity index (χ0) is 12.3. The van der Waals surface area contributed by atoms with Gasteiger partial charge in [-0.1, -0.05) is 18.2 Å². The third-order valence-corrected chi connectivity index (χ3v) is 2.86. The summed E-state index contributed by atoms with van der Waals surface area (Å²) in [4.78, 5) is 4.25. The lowest BCUT2D eigenvalue weighted by atomic mass is 9.99. The van der Waals surface area contributed by atoms with Crippen LogP contribution in [-0.4, -0.2) is 12.1 Å². The summed E-state index contributed by atoms with van der Waals surface area (Å²) in [5.41, 5.74) is 9.31. The number of hydrogen-bond donors (Lipinski definition) is 1. The van der Waals surface area contributed by atoms with E-state index >= 15 is 0 Å². The number of ether oxygens (including phenoxy) is 1. The number of nitrogens with two attached hydrogens (primary N) is 1. The maximum atomic E-state index is 6.23. The highest BCUT2D eigenvalue weighted by atomic mass is 16.5. The number of nitrogens with zero attached hydrogens (tertiary/aromatic N) is 1. The van der Waals surface area contributed by atoms with Crippen molar-refractivity contribution in [2.45, 2.75) is 13.0 Å². The Morgan fingerprint density at radius 1 is 1.18 bits per heavy atom. The smallest absolute Gasteiger partial charge is 0.118 e. The van der Waals surface area contributed by atoms with E-state index in [1.54, 1.807) is 13.3 Å². The Hall–Kier alpha value is -1.87. The van der Waals surface area contributed by atoms with E-state index in [2.05, 4.69) is 4.98 Å². The second-order valence-electron chi connectivity index (χ2n) is 3.93. The molecule has 0 amide bonds. The van der Waals surface area contributed by atoms with Crippen LogP contribution in [0.15, 0.2) is 42.6 Å². The van der Waals surface area contributed by atoms with Crippen LogP contribution in [0, 0.1) is 6.92 Å². The van der Waals surface area contributed by atoms with Crippen molar-refractivity contribution in [2.75, 3.05) is 7.11 Å². The fraction of sp³-hybridized carbons (Fsp3) is 0.214. The summed E-state index contributed by atoms with van der Waals surface area (Å²) in [6, 6.07) is 11.6. The van der Waals surface area contributed by atoms with Gasteiger partial charge in [0.25, 0.3) is 0 Å². The van der Waals surface area contributed by atoms with Gasteiger partial charge in [-0.15, -0.1) is 0 Å². The first-order chi connectivity index (χ1) is 8.22. The first-order valence-corrected chi connectivity index (χ1v) is 5.53. The molecule has 2 rings (SSSR count). The average molecular weight is 228 g/mol. The molecule has 0 aliphatic carbocycles. The lowest BCUT2D eigenvalue weighted by Crippen LogP contribution is -2.13. The van der Waals surface area contributed by atoms with Crippen molar-refractivity contribution in [2.24, 2.45) is 5.73 Å². The second-order valence-corrected chi connectivity index (χ2v) is 3.93. The molecule has 0 spiro atoms. The molecule has 88 valence electrons. The van der Waals surface area contributed by atoms with Crippen LogP contribution >= 0.6 is 0 Å². The molecule has 3 nitrogen and oxygen atoms in total. The standard InChI is InChI=1S/C14H16N2O/c1-10-13(4-3-9-16-10)14(15)11-5-7-12(17-2)8-6-11/h3-9,14H,15H2,1-2H3. The van der Waals surface area contributed by atoms with Crippen molar-refractivity contribution in [3.63, 3.8) is 0 Å². The Labute approximate surface area is 101 Å². The Bertz CT molecular complexity index is 494. The normalized spacial score (nSPS) is 12.2. The number of benzene rings is 1. The zero-order valence-corrected chi connectivity index (χ0v) is 10.1. The molecular formula is C14H16N2O. The molecule has 0 saturated heterocycles. The Balaban J connectivity index is 2.30. The molecule has 17 heavy (non-hydrogen) atoms. The van der Waals surface area contributed by atoms with Gasteiger partial charge in [-0.05, 0) is 36.2 Å². The first-order valence-electron chi connectivity index (χ1n) is 5.53. The van der Waals surface area contributed by atoms with E-state index in [0.29, 0.717) is 0 Å². The van der Waals surface area contributed by atoms with E-state index in [9.17, 15) is 0 Å². The molecule has 0 aliphatic rings. The molecule has 3 heteroatoms. The van der Waals surface area contributed by atoms with Crippen molar-refractivity contribution in [3.8, 4) is 5.75 Å². The first kappa shape index (κ1) is 11.6. The fourth-order valence-electron chi connectivity index (χ4n) is 1.82. The molecule has 2 N–H and O–H groups in total. The predicted molar refractivity (Wildman–Crippen MR) is 68.0 cm³/mol. The van der Waals surface area contributed by atoms with Gasteiger partial charge in [0.1, 0.15) is 5.75 Å². The minimum atomic E-state index is -0.144. The van der Waals surface area contributed by atoms with Gasteiger partial charge in [-0.2, -0.15) is 0 Å².